The molecule has 0 aromatic carbocycles. The van der Waals surface area contributed by atoms with E-state index >= 15 is 0 Å². The van der Waals surface area contributed by atoms with E-state index in [0.29, 0.717) is 17.3 Å². The van der Waals surface area contributed by atoms with Gasteiger partial charge in [0.25, 0.3) is 0 Å². The molecule has 80 valence electrons. The standard InChI is InChI=1S/C12H16N2O/c1-15-11-4-3-9(8-13-11)10-7-12(10)5-2-6-14-12/h3-4,8,10,14H,2,5-7H2,1H3. The predicted molar refractivity (Wildman–Crippen MR) is 58.1 cm³/mol. The Bertz CT molecular complexity index is 354. The van der Waals surface area contributed by atoms with E-state index in [1.54, 1.807) is 7.11 Å². The molecule has 0 amide bonds. The predicted octanol–water partition coefficient (Wildman–Crippen LogP) is 1.70. The number of aromatic nitrogens is 1. The van der Waals surface area contributed by atoms with Crippen LogP contribution in [-0.4, -0.2) is 24.2 Å². The van der Waals surface area contributed by atoms with Crippen molar-refractivity contribution in [3.63, 3.8) is 0 Å². The first-order valence-electron chi connectivity index (χ1n) is 5.59. The summed E-state index contributed by atoms with van der Waals surface area (Å²) in [6.45, 7) is 1.18. The summed E-state index contributed by atoms with van der Waals surface area (Å²) in [7, 11) is 1.65. The Kier molecular flexibility index (Phi) is 1.96. The average Bonchev–Trinajstić information content (AvgIpc) is 2.77. The zero-order valence-corrected chi connectivity index (χ0v) is 8.99. The summed E-state index contributed by atoms with van der Waals surface area (Å²) in [6.07, 6.45) is 5.88. The van der Waals surface area contributed by atoms with E-state index in [-0.39, 0.29) is 0 Å². The van der Waals surface area contributed by atoms with Gasteiger partial charge < -0.3 is 10.1 Å². The molecule has 0 radical (unpaired) electrons. The van der Waals surface area contributed by atoms with Gasteiger partial charge in [0.05, 0.1) is 7.11 Å². The van der Waals surface area contributed by atoms with E-state index in [9.17, 15) is 0 Å². The van der Waals surface area contributed by atoms with Crippen molar-refractivity contribution in [3.8, 4) is 5.88 Å². The van der Waals surface area contributed by atoms with Crippen LogP contribution in [0.5, 0.6) is 5.88 Å². The summed E-state index contributed by atoms with van der Waals surface area (Å²) in [6, 6.07) is 4.10. The quantitative estimate of drug-likeness (QED) is 0.796. The highest BCUT2D eigenvalue weighted by molar-refractivity contribution is 5.34. The molecule has 3 nitrogen and oxygen atoms in total. The number of hydrogen-bond acceptors (Lipinski definition) is 3. The fourth-order valence-corrected chi connectivity index (χ4v) is 2.76. The molecule has 2 heterocycles. The molecule has 2 fully saturated rings. The first kappa shape index (κ1) is 9.16. The lowest BCUT2D eigenvalue weighted by Crippen LogP contribution is -2.25. The Labute approximate surface area is 89.9 Å². The molecule has 2 aliphatic rings. The lowest BCUT2D eigenvalue weighted by atomic mass is 10.1. The lowest BCUT2D eigenvalue weighted by molar-refractivity contribution is 0.397. The molecule has 2 atom stereocenters. The molecule has 1 saturated carbocycles. The minimum Gasteiger partial charge on any atom is -0.481 e. The van der Waals surface area contributed by atoms with Crippen molar-refractivity contribution in [2.24, 2.45) is 0 Å². The van der Waals surface area contributed by atoms with Crippen LogP contribution in [0.2, 0.25) is 0 Å². The number of rotatable bonds is 2. The van der Waals surface area contributed by atoms with Crippen LogP contribution < -0.4 is 10.1 Å². The third-order valence-corrected chi connectivity index (χ3v) is 3.72. The van der Waals surface area contributed by atoms with Gasteiger partial charge in [-0.25, -0.2) is 4.98 Å². The van der Waals surface area contributed by atoms with Crippen molar-refractivity contribution in [1.29, 1.82) is 0 Å². The third-order valence-electron chi connectivity index (χ3n) is 3.72. The maximum Gasteiger partial charge on any atom is 0.212 e. The van der Waals surface area contributed by atoms with Crippen LogP contribution in [0.4, 0.5) is 0 Å². The molecule has 1 spiro atoms. The van der Waals surface area contributed by atoms with Crippen LogP contribution in [0, 0.1) is 0 Å². The van der Waals surface area contributed by atoms with Gasteiger partial charge in [-0.2, -0.15) is 0 Å². The van der Waals surface area contributed by atoms with Crippen LogP contribution in [0.25, 0.3) is 0 Å². The van der Waals surface area contributed by atoms with E-state index in [1.807, 2.05) is 12.3 Å². The topological polar surface area (TPSA) is 34.1 Å². The van der Waals surface area contributed by atoms with Crippen molar-refractivity contribution in [1.82, 2.24) is 10.3 Å². The van der Waals surface area contributed by atoms with Crippen LogP contribution in [-0.2, 0) is 0 Å². The van der Waals surface area contributed by atoms with Gasteiger partial charge in [0.15, 0.2) is 0 Å². The molecule has 0 bridgehead atoms. The van der Waals surface area contributed by atoms with Gasteiger partial charge in [0.2, 0.25) is 5.88 Å². The van der Waals surface area contributed by atoms with Crippen LogP contribution >= 0.6 is 0 Å². The van der Waals surface area contributed by atoms with Crippen molar-refractivity contribution in [2.75, 3.05) is 13.7 Å². The normalized spacial score (nSPS) is 33.3. The monoisotopic (exact) mass is 204 g/mol. The van der Waals surface area contributed by atoms with Crippen molar-refractivity contribution in [3.05, 3.63) is 23.9 Å². The summed E-state index contributed by atoms with van der Waals surface area (Å²) in [5, 5.41) is 3.63. The first-order chi connectivity index (χ1) is 7.34. The minimum atomic E-state index is 0.427. The molecule has 1 aromatic rings. The number of nitrogens with zero attached hydrogens (tertiary/aromatic N) is 1. The molecule has 3 heteroatoms. The van der Waals surface area contributed by atoms with E-state index in [2.05, 4.69) is 16.4 Å². The van der Waals surface area contributed by atoms with Crippen LogP contribution in [0.15, 0.2) is 18.3 Å². The molecule has 3 rings (SSSR count). The molecule has 1 saturated heterocycles. The molecule has 2 unspecified atom stereocenters. The van der Waals surface area contributed by atoms with E-state index in [4.69, 9.17) is 4.74 Å². The number of ether oxygens (including phenoxy) is 1. The Morgan fingerprint density at radius 3 is 3.07 bits per heavy atom. The van der Waals surface area contributed by atoms with Gasteiger partial charge in [-0.3, -0.25) is 0 Å². The highest BCUT2D eigenvalue weighted by Crippen LogP contribution is 2.55. The van der Waals surface area contributed by atoms with Crippen molar-refractivity contribution in [2.45, 2.75) is 30.7 Å². The Morgan fingerprint density at radius 1 is 1.53 bits per heavy atom. The molecular weight excluding hydrogens is 188 g/mol. The van der Waals surface area contributed by atoms with Gasteiger partial charge in [-0.05, 0) is 31.4 Å². The molecule has 1 aliphatic carbocycles. The first-order valence-corrected chi connectivity index (χ1v) is 5.59. The second-order valence-electron chi connectivity index (χ2n) is 4.58. The zero-order chi connectivity index (χ0) is 10.3. The molecule has 1 aromatic heterocycles. The largest absolute Gasteiger partial charge is 0.481 e. The van der Waals surface area contributed by atoms with Gasteiger partial charge in [0.1, 0.15) is 0 Å². The zero-order valence-electron chi connectivity index (χ0n) is 8.99. The SMILES string of the molecule is COc1ccc(C2CC23CCCN3)cn1. The minimum absolute atomic E-state index is 0.427. The Morgan fingerprint density at radius 2 is 2.47 bits per heavy atom. The van der Waals surface area contributed by atoms with Gasteiger partial charge in [0, 0.05) is 23.7 Å². The molecular formula is C12H16N2O. The van der Waals surface area contributed by atoms with E-state index in [0.717, 1.165) is 0 Å². The highest BCUT2D eigenvalue weighted by atomic mass is 16.5. The van der Waals surface area contributed by atoms with Gasteiger partial charge >= 0.3 is 0 Å². The van der Waals surface area contributed by atoms with E-state index < -0.39 is 0 Å². The number of pyridine rings is 1. The fraction of sp³-hybridized carbons (Fsp3) is 0.583. The summed E-state index contributed by atoms with van der Waals surface area (Å²) >= 11 is 0. The lowest BCUT2D eigenvalue weighted by Gasteiger charge is -2.09. The molecule has 1 aliphatic heterocycles. The highest BCUT2D eigenvalue weighted by Gasteiger charge is 2.55. The maximum atomic E-state index is 5.06. The molecule has 1 N–H and O–H groups in total. The summed E-state index contributed by atoms with van der Waals surface area (Å²) in [5.74, 6) is 1.38. The average molecular weight is 204 g/mol. The van der Waals surface area contributed by atoms with Crippen molar-refractivity contribution >= 4 is 0 Å². The van der Waals surface area contributed by atoms with E-state index in [1.165, 1.54) is 31.4 Å². The van der Waals surface area contributed by atoms with Gasteiger partial charge in [-0.15, -0.1) is 0 Å². The van der Waals surface area contributed by atoms with Crippen molar-refractivity contribution < 1.29 is 4.74 Å². The smallest absolute Gasteiger partial charge is 0.212 e. The summed E-state index contributed by atoms with van der Waals surface area (Å²) < 4.78 is 5.06. The van der Waals surface area contributed by atoms with Crippen LogP contribution in [0.3, 0.4) is 0 Å². The number of methoxy groups -OCH3 is 1. The maximum absolute atomic E-state index is 5.06. The number of hydrogen-bond donors (Lipinski definition) is 1. The Balaban J connectivity index is 1.78. The third kappa shape index (κ3) is 1.42. The number of nitrogens with one attached hydrogen (secondary N) is 1. The second-order valence-corrected chi connectivity index (χ2v) is 4.58. The molecule has 15 heavy (non-hydrogen) atoms. The Hall–Kier alpha value is -1.09. The second kappa shape index (κ2) is 3.20. The van der Waals surface area contributed by atoms with Crippen LogP contribution in [0.1, 0.15) is 30.7 Å². The van der Waals surface area contributed by atoms with Gasteiger partial charge in [-0.1, -0.05) is 6.07 Å². The summed E-state index contributed by atoms with van der Waals surface area (Å²) in [4.78, 5) is 4.26. The fourth-order valence-electron chi connectivity index (χ4n) is 2.76. The summed E-state index contributed by atoms with van der Waals surface area (Å²) in [5.41, 5.74) is 1.78.